The maximum atomic E-state index is 12.9. The maximum Gasteiger partial charge on any atom is 0.475 e. The van der Waals surface area contributed by atoms with Crippen LogP contribution in [0.4, 0.5) is 6.01 Å². The Labute approximate surface area is 171 Å². The summed E-state index contributed by atoms with van der Waals surface area (Å²) in [5.74, 6) is -0.371. The van der Waals surface area contributed by atoms with Gasteiger partial charge < -0.3 is 24.7 Å². The molecular weight excluding hydrogens is 375 g/mol. The molecule has 2 aliphatic rings. The minimum atomic E-state index is -1.62. The molecule has 2 fully saturated rings. The molecule has 29 heavy (non-hydrogen) atoms. The van der Waals surface area contributed by atoms with E-state index in [2.05, 4.69) is 15.5 Å². The number of carbonyl (C=O) groups excluding carboxylic acids is 2. The van der Waals surface area contributed by atoms with E-state index in [-0.39, 0.29) is 30.1 Å². The number of ketones is 1. The van der Waals surface area contributed by atoms with Gasteiger partial charge in [0.25, 0.3) is 0 Å². The fourth-order valence-electron chi connectivity index (χ4n) is 3.83. The summed E-state index contributed by atoms with van der Waals surface area (Å²) in [5.41, 5.74) is 0. The predicted molar refractivity (Wildman–Crippen MR) is 107 cm³/mol. The van der Waals surface area contributed by atoms with Gasteiger partial charge in [0, 0.05) is 25.8 Å². The minimum absolute atomic E-state index is 0.0159. The molecule has 10 heteroatoms. The van der Waals surface area contributed by atoms with Gasteiger partial charge in [-0.15, -0.1) is 5.10 Å². The summed E-state index contributed by atoms with van der Waals surface area (Å²) in [5, 5.41) is 29.8. The molecule has 1 aliphatic carbocycles. The Morgan fingerprint density at radius 1 is 1.28 bits per heavy atom. The topological polar surface area (TPSA) is 129 Å². The third-order valence-electron chi connectivity index (χ3n) is 5.70. The van der Waals surface area contributed by atoms with Crippen molar-refractivity contribution in [3.8, 4) is 0 Å². The molecule has 0 bridgehead atoms. The van der Waals surface area contributed by atoms with E-state index in [0.717, 1.165) is 12.8 Å². The van der Waals surface area contributed by atoms with Crippen LogP contribution >= 0.6 is 0 Å². The van der Waals surface area contributed by atoms with Crippen molar-refractivity contribution in [2.24, 2.45) is 17.8 Å². The first-order valence-electron chi connectivity index (χ1n) is 10.5. The number of aryl methyl sites for hydroxylation is 1. The zero-order chi connectivity index (χ0) is 21.1. The first-order chi connectivity index (χ1) is 13.7. The molecule has 9 nitrogen and oxygen atoms in total. The monoisotopic (exact) mass is 406 g/mol. The summed E-state index contributed by atoms with van der Waals surface area (Å²) in [7, 11) is -1.62. The molecule has 3 atom stereocenters. The van der Waals surface area contributed by atoms with Gasteiger partial charge in [0.1, 0.15) is 0 Å². The van der Waals surface area contributed by atoms with Crippen molar-refractivity contribution < 1.29 is 24.1 Å². The standard InChI is InChI=1S/C19H31BN4O5/c1-11(2)8-17(20(27)28)21-18(26)14(9-13-4-5-13)10-16(25)15-6-7-24(15)19-23-22-12(3)29-19/h11,13-15,17,27-28H,4-10H2,1-3H3,(H,21,26)/t14-,15+,17+/m1/s1. The Balaban J connectivity index is 1.62. The number of aromatic nitrogens is 2. The van der Waals surface area contributed by atoms with E-state index < -0.39 is 19.0 Å². The van der Waals surface area contributed by atoms with Gasteiger partial charge in [-0.1, -0.05) is 31.8 Å². The molecule has 1 saturated carbocycles. The number of nitrogens with zero attached hydrogens (tertiary/aromatic N) is 3. The molecule has 2 heterocycles. The third kappa shape index (κ3) is 5.79. The Bertz CT molecular complexity index is 721. The fraction of sp³-hybridized carbons (Fsp3) is 0.789. The molecule has 1 saturated heterocycles. The van der Waals surface area contributed by atoms with Crippen LogP contribution in [0.1, 0.15) is 58.3 Å². The van der Waals surface area contributed by atoms with Gasteiger partial charge in [-0.05, 0) is 31.1 Å². The van der Waals surface area contributed by atoms with Crippen LogP contribution in [0, 0.1) is 24.7 Å². The smallest absolute Gasteiger partial charge is 0.426 e. The zero-order valence-electron chi connectivity index (χ0n) is 17.4. The number of hydrogen-bond donors (Lipinski definition) is 3. The molecule has 0 unspecified atom stereocenters. The highest BCUT2D eigenvalue weighted by molar-refractivity contribution is 6.43. The zero-order valence-corrected chi connectivity index (χ0v) is 17.4. The average Bonchev–Trinajstić information content (AvgIpc) is 3.32. The second-order valence-electron chi connectivity index (χ2n) is 8.81. The largest absolute Gasteiger partial charge is 0.475 e. The number of nitrogens with one attached hydrogen (secondary N) is 1. The molecular formula is C19H31BN4O5. The summed E-state index contributed by atoms with van der Waals surface area (Å²) >= 11 is 0. The van der Waals surface area contributed by atoms with Crippen molar-refractivity contribution in [3.63, 3.8) is 0 Å². The first-order valence-corrected chi connectivity index (χ1v) is 10.5. The predicted octanol–water partition coefficient (Wildman–Crippen LogP) is 0.875. The van der Waals surface area contributed by atoms with E-state index in [9.17, 15) is 19.6 Å². The molecule has 1 aromatic heterocycles. The lowest BCUT2D eigenvalue weighted by atomic mass is 9.74. The second-order valence-corrected chi connectivity index (χ2v) is 8.81. The van der Waals surface area contributed by atoms with E-state index >= 15 is 0 Å². The van der Waals surface area contributed by atoms with Crippen molar-refractivity contribution in [1.29, 1.82) is 0 Å². The normalized spacial score (nSPS) is 20.9. The van der Waals surface area contributed by atoms with Gasteiger partial charge >= 0.3 is 13.1 Å². The van der Waals surface area contributed by atoms with Crippen molar-refractivity contribution in [2.45, 2.75) is 71.3 Å². The lowest BCUT2D eigenvalue weighted by molar-refractivity contribution is -0.131. The van der Waals surface area contributed by atoms with Crippen LogP contribution in [0.5, 0.6) is 0 Å². The van der Waals surface area contributed by atoms with Crippen LogP contribution in [-0.4, -0.2) is 57.6 Å². The SMILES string of the molecule is Cc1nnc(N2CC[C@H]2C(=O)C[C@@H](CC2CC2)C(=O)N[C@@H](CC(C)C)B(O)O)o1. The van der Waals surface area contributed by atoms with E-state index in [1.165, 1.54) is 0 Å². The molecule has 3 rings (SSSR count). The van der Waals surface area contributed by atoms with E-state index in [0.29, 0.717) is 43.6 Å². The molecule has 3 N–H and O–H groups in total. The van der Waals surface area contributed by atoms with Gasteiger partial charge in [0.2, 0.25) is 11.8 Å². The van der Waals surface area contributed by atoms with Crippen molar-refractivity contribution >= 4 is 24.8 Å². The molecule has 0 spiro atoms. The third-order valence-corrected chi connectivity index (χ3v) is 5.70. The number of anilines is 1. The van der Waals surface area contributed by atoms with Gasteiger partial charge in [0.05, 0.1) is 12.0 Å². The highest BCUT2D eigenvalue weighted by Gasteiger charge is 2.40. The van der Waals surface area contributed by atoms with Crippen molar-refractivity contribution in [2.75, 3.05) is 11.4 Å². The van der Waals surface area contributed by atoms with Crippen LogP contribution < -0.4 is 10.2 Å². The van der Waals surface area contributed by atoms with E-state index in [1.54, 1.807) is 11.8 Å². The molecule has 1 aromatic rings. The Kier molecular flexibility index (Phi) is 6.95. The van der Waals surface area contributed by atoms with Gasteiger partial charge in [-0.2, -0.15) is 0 Å². The fourth-order valence-corrected chi connectivity index (χ4v) is 3.83. The molecule has 1 amide bonds. The lowest BCUT2D eigenvalue weighted by Crippen LogP contribution is -2.54. The van der Waals surface area contributed by atoms with Crippen LogP contribution in [0.2, 0.25) is 0 Å². The van der Waals surface area contributed by atoms with Crippen LogP contribution in [0.25, 0.3) is 0 Å². The number of Topliss-reactive ketones (excluding diaryl/α,β-unsaturated/α-hetero) is 1. The van der Waals surface area contributed by atoms with Crippen LogP contribution in [0.15, 0.2) is 4.42 Å². The summed E-state index contributed by atoms with van der Waals surface area (Å²) < 4.78 is 5.43. The van der Waals surface area contributed by atoms with Gasteiger partial charge in [-0.25, -0.2) is 0 Å². The average molecular weight is 406 g/mol. The molecule has 0 aromatic carbocycles. The number of hydrogen-bond acceptors (Lipinski definition) is 8. The Hall–Kier alpha value is -1.94. The summed E-state index contributed by atoms with van der Waals surface area (Å²) in [6.07, 6.45) is 4.09. The Morgan fingerprint density at radius 3 is 2.48 bits per heavy atom. The van der Waals surface area contributed by atoms with Crippen LogP contribution in [-0.2, 0) is 9.59 Å². The van der Waals surface area contributed by atoms with E-state index in [4.69, 9.17) is 4.42 Å². The first kappa shape index (κ1) is 21.8. The molecule has 1 aliphatic heterocycles. The quantitative estimate of drug-likeness (QED) is 0.462. The highest BCUT2D eigenvalue weighted by Crippen LogP contribution is 2.37. The Morgan fingerprint density at radius 2 is 2.00 bits per heavy atom. The molecule has 160 valence electrons. The van der Waals surface area contributed by atoms with Crippen LogP contribution in [0.3, 0.4) is 0 Å². The maximum absolute atomic E-state index is 12.9. The molecule has 0 radical (unpaired) electrons. The summed E-state index contributed by atoms with van der Waals surface area (Å²) in [6.45, 7) is 6.28. The van der Waals surface area contributed by atoms with Crippen molar-refractivity contribution in [3.05, 3.63) is 5.89 Å². The minimum Gasteiger partial charge on any atom is -0.426 e. The number of carbonyl (C=O) groups is 2. The van der Waals surface area contributed by atoms with Gasteiger partial charge in [-0.3, -0.25) is 9.59 Å². The number of amides is 1. The van der Waals surface area contributed by atoms with E-state index in [1.807, 2.05) is 13.8 Å². The second kappa shape index (κ2) is 9.25. The summed E-state index contributed by atoms with van der Waals surface area (Å²) in [4.78, 5) is 27.6. The van der Waals surface area contributed by atoms with Crippen molar-refractivity contribution in [1.82, 2.24) is 15.5 Å². The summed E-state index contributed by atoms with van der Waals surface area (Å²) in [6, 6.07) is -0.00468. The lowest BCUT2D eigenvalue weighted by Gasteiger charge is -2.38. The van der Waals surface area contributed by atoms with Gasteiger partial charge in [0.15, 0.2) is 5.78 Å². The number of rotatable bonds is 11. The highest BCUT2D eigenvalue weighted by atomic mass is 16.4.